The Labute approximate surface area is 123 Å². The number of nitrogens with zero attached hydrogens (tertiary/aromatic N) is 3. The van der Waals surface area contributed by atoms with Gasteiger partial charge in [-0.1, -0.05) is 5.16 Å². The zero-order valence-corrected chi connectivity index (χ0v) is 12.5. The summed E-state index contributed by atoms with van der Waals surface area (Å²) in [7, 11) is 0. The van der Waals surface area contributed by atoms with Crippen molar-refractivity contribution in [2.75, 3.05) is 0 Å². The highest BCUT2D eigenvalue weighted by atomic mass is 16.5. The number of amidine groups is 1. The standard InChI is InChI=1S/C15H20N4O2/c1-4-19-8-12(7-17-19)9-21-14-10(2)5-13(6-11(14)3)15(16)18-20/h5-8,20H,4,9H2,1-3H3,(H2,16,18). The summed E-state index contributed by atoms with van der Waals surface area (Å²) in [6.45, 7) is 7.22. The molecule has 1 aromatic carbocycles. The molecule has 21 heavy (non-hydrogen) atoms. The molecule has 2 rings (SSSR count). The summed E-state index contributed by atoms with van der Waals surface area (Å²) >= 11 is 0. The second-order valence-electron chi connectivity index (χ2n) is 4.92. The van der Waals surface area contributed by atoms with Crippen LogP contribution in [0.5, 0.6) is 5.75 Å². The van der Waals surface area contributed by atoms with Crippen molar-refractivity contribution >= 4 is 5.84 Å². The maximum Gasteiger partial charge on any atom is 0.170 e. The number of nitrogens with two attached hydrogens (primary N) is 1. The summed E-state index contributed by atoms with van der Waals surface area (Å²) in [4.78, 5) is 0. The van der Waals surface area contributed by atoms with Crippen LogP contribution in [0.1, 0.15) is 29.2 Å². The van der Waals surface area contributed by atoms with Gasteiger partial charge in [-0.05, 0) is 44.0 Å². The van der Waals surface area contributed by atoms with Crippen LogP contribution in [-0.4, -0.2) is 20.8 Å². The smallest absolute Gasteiger partial charge is 0.170 e. The van der Waals surface area contributed by atoms with E-state index in [2.05, 4.69) is 10.3 Å². The quantitative estimate of drug-likeness (QED) is 0.382. The molecule has 0 saturated carbocycles. The molecule has 6 nitrogen and oxygen atoms in total. The van der Waals surface area contributed by atoms with Gasteiger partial charge in [-0.15, -0.1) is 0 Å². The molecule has 0 aliphatic heterocycles. The van der Waals surface area contributed by atoms with E-state index < -0.39 is 0 Å². The number of aromatic nitrogens is 2. The zero-order chi connectivity index (χ0) is 15.4. The Bertz CT molecular complexity index is 638. The Kier molecular flexibility index (Phi) is 4.47. The average molecular weight is 288 g/mol. The Morgan fingerprint density at radius 3 is 2.57 bits per heavy atom. The first kappa shape index (κ1) is 14.9. The SMILES string of the molecule is CCn1cc(COc2c(C)cc(C(N)=NO)cc2C)cn1. The molecule has 1 aromatic heterocycles. The minimum Gasteiger partial charge on any atom is -0.488 e. The molecule has 0 unspecified atom stereocenters. The van der Waals surface area contributed by atoms with Crippen molar-refractivity contribution in [2.24, 2.45) is 10.9 Å². The van der Waals surface area contributed by atoms with Gasteiger partial charge < -0.3 is 15.7 Å². The van der Waals surface area contributed by atoms with E-state index in [1.165, 1.54) is 0 Å². The van der Waals surface area contributed by atoms with Gasteiger partial charge in [-0.25, -0.2) is 0 Å². The van der Waals surface area contributed by atoms with Gasteiger partial charge >= 0.3 is 0 Å². The van der Waals surface area contributed by atoms with E-state index in [1.54, 1.807) is 6.20 Å². The molecule has 0 bridgehead atoms. The van der Waals surface area contributed by atoms with Crippen LogP contribution < -0.4 is 10.5 Å². The molecule has 0 amide bonds. The Balaban J connectivity index is 2.16. The fourth-order valence-corrected chi connectivity index (χ4v) is 2.19. The molecular weight excluding hydrogens is 268 g/mol. The Morgan fingerprint density at radius 1 is 1.38 bits per heavy atom. The first-order valence-corrected chi connectivity index (χ1v) is 6.78. The summed E-state index contributed by atoms with van der Waals surface area (Å²) in [5.74, 6) is 0.908. The van der Waals surface area contributed by atoms with Crippen molar-refractivity contribution < 1.29 is 9.94 Å². The van der Waals surface area contributed by atoms with Crippen molar-refractivity contribution in [1.29, 1.82) is 0 Å². The number of benzene rings is 1. The fraction of sp³-hybridized carbons (Fsp3) is 0.333. The first-order chi connectivity index (χ1) is 10.0. The third kappa shape index (κ3) is 3.34. The molecular formula is C15H20N4O2. The molecule has 0 saturated heterocycles. The van der Waals surface area contributed by atoms with E-state index in [1.807, 2.05) is 43.8 Å². The predicted octanol–water partition coefficient (Wildman–Crippen LogP) is 2.19. The van der Waals surface area contributed by atoms with Crippen LogP contribution in [0.25, 0.3) is 0 Å². The largest absolute Gasteiger partial charge is 0.488 e. The van der Waals surface area contributed by atoms with Crippen LogP contribution in [0.3, 0.4) is 0 Å². The molecule has 6 heteroatoms. The van der Waals surface area contributed by atoms with Gasteiger partial charge in [-0.2, -0.15) is 5.10 Å². The molecule has 0 aliphatic carbocycles. The van der Waals surface area contributed by atoms with Crippen molar-refractivity contribution in [1.82, 2.24) is 9.78 Å². The van der Waals surface area contributed by atoms with E-state index in [0.29, 0.717) is 12.2 Å². The Morgan fingerprint density at radius 2 is 2.05 bits per heavy atom. The minimum atomic E-state index is 0.0944. The summed E-state index contributed by atoms with van der Waals surface area (Å²) in [5.41, 5.74) is 9.20. The van der Waals surface area contributed by atoms with Crippen LogP contribution in [0.4, 0.5) is 0 Å². The lowest BCUT2D eigenvalue weighted by Gasteiger charge is -2.13. The van der Waals surface area contributed by atoms with Crippen LogP contribution in [0, 0.1) is 13.8 Å². The second kappa shape index (κ2) is 6.30. The van der Waals surface area contributed by atoms with Gasteiger partial charge in [0.15, 0.2) is 5.84 Å². The number of ether oxygens (including phenoxy) is 1. The molecule has 0 fully saturated rings. The first-order valence-electron chi connectivity index (χ1n) is 6.78. The third-order valence-electron chi connectivity index (χ3n) is 3.26. The summed E-state index contributed by atoms with van der Waals surface area (Å²) in [6.07, 6.45) is 3.77. The van der Waals surface area contributed by atoms with Crippen molar-refractivity contribution in [2.45, 2.75) is 33.9 Å². The molecule has 0 atom stereocenters. The van der Waals surface area contributed by atoms with Crippen LogP contribution in [0.2, 0.25) is 0 Å². The number of hydrogen-bond donors (Lipinski definition) is 2. The van der Waals surface area contributed by atoms with Crippen LogP contribution in [-0.2, 0) is 13.2 Å². The number of oxime groups is 1. The van der Waals surface area contributed by atoms with Crippen molar-refractivity contribution in [3.63, 3.8) is 0 Å². The van der Waals surface area contributed by atoms with E-state index in [4.69, 9.17) is 15.7 Å². The monoisotopic (exact) mass is 288 g/mol. The van der Waals surface area contributed by atoms with E-state index in [9.17, 15) is 0 Å². The van der Waals surface area contributed by atoms with Crippen LogP contribution in [0.15, 0.2) is 29.7 Å². The van der Waals surface area contributed by atoms with Crippen LogP contribution >= 0.6 is 0 Å². The Hall–Kier alpha value is -2.50. The topological polar surface area (TPSA) is 85.7 Å². The maximum absolute atomic E-state index is 8.74. The highest BCUT2D eigenvalue weighted by Gasteiger charge is 2.09. The average Bonchev–Trinajstić information content (AvgIpc) is 2.93. The van der Waals surface area contributed by atoms with E-state index in [0.717, 1.165) is 29.0 Å². The second-order valence-corrected chi connectivity index (χ2v) is 4.92. The molecule has 3 N–H and O–H groups in total. The molecule has 1 heterocycles. The molecule has 2 aromatic rings. The van der Waals surface area contributed by atoms with E-state index in [-0.39, 0.29) is 5.84 Å². The fourth-order valence-electron chi connectivity index (χ4n) is 2.19. The normalized spacial score (nSPS) is 11.7. The van der Waals surface area contributed by atoms with Gasteiger partial charge in [0.25, 0.3) is 0 Å². The highest BCUT2D eigenvalue weighted by molar-refractivity contribution is 5.97. The molecule has 0 spiro atoms. The lowest BCUT2D eigenvalue weighted by molar-refractivity contribution is 0.301. The van der Waals surface area contributed by atoms with Gasteiger partial charge in [0.1, 0.15) is 12.4 Å². The summed E-state index contributed by atoms with van der Waals surface area (Å²) in [6, 6.07) is 3.68. The zero-order valence-electron chi connectivity index (χ0n) is 12.5. The lowest BCUT2D eigenvalue weighted by atomic mass is 10.1. The summed E-state index contributed by atoms with van der Waals surface area (Å²) in [5, 5.41) is 16.0. The van der Waals surface area contributed by atoms with Gasteiger partial charge in [0.05, 0.1) is 6.20 Å². The maximum atomic E-state index is 8.74. The third-order valence-corrected chi connectivity index (χ3v) is 3.26. The van der Waals surface area contributed by atoms with Crippen molar-refractivity contribution in [3.8, 4) is 5.75 Å². The van der Waals surface area contributed by atoms with Gasteiger partial charge in [0.2, 0.25) is 0 Å². The van der Waals surface area contributed by atoms with Crippen molar-refractivity contribution in [3.05, 3.63) is 46.8 Å². The predicted molar refractivity (Wildman–Crippen MR) is 80.7 cm³/mol. The molecule has 0 radical (unpaired) electrons. The van der Waals surface area contributed by atoms with E-state index >= 15 is 0 Å². The van der Waals surface area contributed by atoms with Gasteiger partial charge in [0, 0.05) is 23.9 Å². The molecule has 112 valence electrons. The molecule has 0 aliphatic rings. The lowest BCUT2D eigenvalue weighted by Crippen LogP contribution is -2.14. The highest BCUT2D eigenvalue weighted by Crippen LogP contribution is 2.25. The number of aryl methyl sites for hydroxylation is 3. The minimum absolute atomic E-state index is 0.0944. The van der Waals surface area contributed by atoms with Gasteiger partial charge in [-0.3, -0.25) is 4.68 Å². The number of hydrogen-bond acceptors (Lipinski definition) is 4. The summed E-state index contributed by atoms with van der Waals surface area (Å²) < 4.78 is 7.74. The number of rotatable bonds is 5.